The first-order chi connectivity index (χ1) is 3.13. The molecule has 0 amide bonds. The second kappa shape index (κ2) is 5.71. The number of hydrogen-bond donors (Lipinski definition) is 0. The number of carbonyl (C=O) groups is 1. The van der Waals surface area contributed by atoms with Gasteiger partial charge < -0.3 is 4.74 Å². The molecule has 0 unspecified atom stereocenters. The van der Waals surface area contributed by atoms with E-state index in [4.69, 9.17) is 0 Å². The van der Waals surface area contributed by atoms with Crippen molar-refractivity contribution in [2.75, 3.05) is 0 Å². The molecule has 0 aromatic heterocycles. The third-order valence-electron chi connectivity index (χ3n) is 0.348. The van der Waals surface area contributed by atoms with E-state index in [2.05, 4.69) is 4.74 Å². The molecule has 0 aromatic carbocycles. The van der Waals surface area contributed by atoms with Crippen LogP contribution >= 0.6 is 0 Å². The molecule has 45 valence electrons. The van der Waals surface area contributed by atoms with Crippen LogP contribution in [-0.4, -0.2) is 5.97 Å². The predicted molar refractivity (Wildman–Crippen MR) is 26.4 cm³/mol. The second-order valence-corrected chi connectivity index (χ2v) is 1.50. The summed E-state index contributed by atoms with van der Waals surface area (Å²) in [5.41, 5.74) is 0. The molecule has 0 saturated carbocycles. The van der Waals surface area contributed by atoms with Gasteiger partial charge in [-0.2, -0.15) is 13.8 Å². The minimum absolute atomic E-state index is 0. The van der Waals surface area contributed by atoms with Crippen molar-refractivity contribution < 1.29 is 42.2 Å². The van der Waals surface area contributed by atoms with Crippen LogP contribution in [0.5, 0.6) is 0 Å². The van der Waals surface area contributed by atoms with Crippen LogP contribution in [0.4, 0.5) is 0 Å². The number of esters is 1. The maximum absolute atomic E-state index is 10.0. The van der Waals surface area contributed by atoms with Crippen molar-refractivity contribution in [3.63, 3.8) is 0 Å². The summed E-state index contributed by atoms with van der Waals surface area (Å²) in [5, 5.41) is 0. The Hall–Kier alpha value is 0.574. The standard InChI is InChI=1S/C5H9O2.Y/c1-4(2)7-5(3)6;/h1-3H3;/q-1;. The van der Waals surface area contributed by atoms with Crippen molar-refractivity contribution in [2.45, 2.75) is 20.8 Å². The van der Waals surface area contributed by atoms with Gasteiger partial charge in [-0.25, -0.2) is 0 Å². The number of carbonyl (C=O) groups excluding carboxylic acids is 1. The van der Waals surface area contributed by atoms with Gasteiger partial charge in [0.15, 0.2) is 0 Å². The number of ether oxygens (including phenoxy) is 1. The molecule has 0 rings (SSSR count). The van der Waals surface area contributed by atoms with Gasteiger partial charge in [-0.3, -0.25) is 4.79 Å². The maximum atomic E-state index is 10.0. The molecule has 8 heavy (non-hydrogen) atoms. The first-order valence-electron chi connectivity index (χ1n) is 2.11. The molecule has 0 heterocycles. The Labute approximate surface area is 74.9 Å². The normalized spacial score (nSPS) is 8.00. The molecule has 0 atom stereocenters. The summed E-state index contributed by atoms with van der Waals surface area (Å²) >= 11 is 0. The fourth-order valence-corrected chi connectivity index (χ4v) is 0.287. The van der Waals surface area contributed by atoms with Gasteiger partial charge in [-0.15, -0.1) is 6.10 Å². The minimum Gasteiger partial charge on any atom is -0.635 e. The van der Waals surface area contributed by atoms with E-state index in [-0.39, 0.29) is 38.7 Å². The third-order valence-corrected chi connectivity index (χ3v) is 0.348. The quantitative estimate of drug-likeness (QED) is 0.457. The van der Waals surface area contributed by atoms with Crippen LogP contribution in [0.15, 0.2) is 0 Å². The zero-order valence-electron chi connectivity index (χ0n) is 5.39. The van der Waals surface area contributed by atoms with Crippen molar-refractivity contribution in [3.8, 4) is 0 Å². The van der Waals surface area contributed by atoms with Crippen molar-refractivity contribution in [2.24, 2.45) is 0 Å². The SMILES string of the molecule is CC(=O)O[C-](C)C.[Y]. The Bertz CT molecular complexity index is 70.8. The smallest absolute Gasteiger partial charge is 0.271 e. The topological polar surface area (TPSA) is 26.3 Å². The monoisotopic (exact) mass is 190 g/mol. The first-order valence-corrected chi connectivity index (χ1v) is 2.11. The fourth-order valence-electron chi connectivity index (χ4n) is 0.287. The Kier molecular flexibility index (Phi) is 8.12. The van der Waals surface area contributed by atoms with Crippen LogP contribution in [0.2, 0.25) is 0 Å². The summed E-state index contributed by atoms with van der Waals surface area (Å²) in [6.07, 6.45) is 0.688. The molecule has 0 saturated heterocycles. The van der Waals surface area contributed by atoms with Crippen molar-refractivity contribution in [1.29, 1.82) is 0 Å². The molecule has 0 bridgehead atoms. The number of hydrogen-bond acceptors (Lipinski definition) is 2. The van der Waals surface area contributed by atoms with E-state index in [0.717, 1.165) is 0 Å². The van der Waals surface area contributed by atoms with Gasteiger partial charge in [-0.1, -0.05) is 0 Å². The van der Waals surface area contributed by atoms with Crippen LogP contribution < -0.4 is 0 Å². The van der Waals surface area contributed by atoms with Crippen LogP contribution in [0.25, 0.3) is 0 Å². The van der Waals surface area contributed by atoms with Crippen LogP contribution in [0, 0.1) is 6.10 Å². The van der Waals surface area contributed by atoms with E-state index in [0.29, 0.717) is 6.10 Å². The third kappa shape index (κ3) is 9.76. The molecule has 0 aliphatic heterocycles. The molecule has 0 aromatic rings. The van der Waals surface area contributed by atoms with Gasteiger partial charge in [0.05, 0.1) is 0 Å². The van der Waals surface area contributed by atoms with Crippen molar-refractivity contribution in [3.05, 3.63) is 6.10 Å². The average Bonchev–Trinajstić information content (AvgIpc) is 1.27. The average molecular weight is 190 g/mol. The van der Waals surface area contributed by atoms with E-state index in [9.17, 15) is 4.79 Å². The molecule has 2 nitrogen and oxygen atoms in total. The Morgan fingerprint density at radius 1 is 1.50 bits per heavy atom. The summed E-state index contributed by atoms with van der Waals surface area (Å²) in [6.45, 7) is 4.86. The molecule has 1 radical (unpaired) electrons. The van der Waals surface area contributed by atoms with Gasteiger partial charge in [0, 0.05) is 39.6 Å². The molecule has 0 fully saturated rings. The van der Waals surface area contributed by atoms with Gasteiger partial charge >= 0.3 is 0 Å². The number of rotatable bonds is 1. The van der Waals surface area contributed by atoms with Gasteiger partial charge in [0.25, 0.3) is 5.97 Å². The van der Waals surface area contributed by atoms with Crippen LogP contribution in [-0.2, 0) is 42.2 Å². The van der Waals surface area contributed by atoms with Crippen LogP contribution in [0.1, 0.15) is 20.8 Å². The summed E-state index contributed by atoms with van der Waals surface area (Å²) < 4.78 is 4.53. The zero-order chi connectivity index (χ0) is 5.86. The van der Waals surface area contributed by atoms with Gasteiger partial charge in [0.2, 0.25) is 0 Å². The minimum atomic E-state index is -0.250. The van der Waals surface area contributed by atoms with E-state index < -0.39 is 0 Å². The summed E-state index contributed by atoms with van der Waals surface area (Å²) in [7, 11) is 0. The van der Waals surface area contributed by atoms with Crippen molar-refractivity contribution >= 4 is 5.97 Å². The first kappa shape index (κ1) is 11.4. The maximum Gasteiger partial charge on any atom is 0.271 e. The Balaban J connectivity index is 0. The van der Waals surface area contributed by atoms with Gasteiger partial charge in [-0.05, 0) is 0 Å². The zero-order valence-corrected chi connectivity index (χ0v) is 8.23. The molecular formula is C5H9O2Y-. The fraction of sp³-hybridized carbons (Fsp3) is 0.600. The van der Waals surface area contributed by atoms with Gasteiger partial charge in [0.1, 0.15) is 0 Å². The summed E-state index contributed by atoms with van der Waals surface area (Å²) in [6, 6.07) is 0. The molecule has 0 spiro atoms. The van der Waals surface area contributed by atoms with E-state index in [1.807, 2.05) is 0 Å². The molecular weight excluding hydrogens is 181 g/mol. The van der Waals surface area contributed by atoms with Crippen molar-refractivity contribution in [1.82, 2.24) is 0 Å². The van der Waals surface area contributed by atoms with E-state index in [1.54, 1.807) is 13.8 Å². The second-order valence-electron chi connectivity index (χ2n) is 1.50. The summed E-state index contributed by atoms with van der Waals surface area (Å²) in [4.78, 5) is 10.0. The summed E-state index contributed by atoms with van der Waals surface area (Å²) in [5.74, 6) is -0.250. The Morgan fingerprint density at radius 3 is 1.88 bits per heavy atom. The molecule has 0 N–H and O–H groups in total. The molecule has 3 heteroatoms. The van der Waals surface area contributed by atoms with E-state index in [1.165, 1.54) is 6.92 Å². The van der Waals surface area contributed by atoms with E-state index >= 15 is 0 Å². The molecule has 0 aliphatic rings. The Morgan fingerprint density at radius 2 is 1.88 bits per heavy atom. The van der Waals surface area contributed by atoms with Crippen LogP contribution in [0.3, 0.4) is 0 Å². The largest absolute Gasteiger partial charge is 0.635 e. The molecule has 0 aliphatic carbocycles. The predicted octanol–water partition coefficient (Wildman–Crippen LogP) is 1.12.